The monoisotopic (exact) mass is 456 g/mol. The van der Waals surface area contributed by atoms with Crippen molar-refractivity contribution in [2.45, 2.75) is 20.3 Å². The van der Waals surface area contributed by atoms with Crippen LogP contribution in [0.5, 0.6) is 0 Å². The lowest BCUT2D eigenvalue weighted by Crippen LogP contribution is -1.89. The smallest absolute Gasteiger partial charge is 0.176 e. The molecule has 0 saturated heterocycles. The lowest BCUT2D eigenvalue weighted by molar-refractivity contribution is 0.657. The first kappa shape index (κ1) is 21.0. The van der Waals surface area contributed by atoms with Crippen molar-refractivity contribution < 1.29 is 4.39 Å². The van der Waals surface area contributed by atoms with E-state index in [1.54, 1.807) is 18.3 Å². The van der Waals surface area contributed by atoms with Gasteiger partial charge < -0.3 is 4.98 Å². The molecule has 0 aliphatic heterocycles. The largest absolute Gasteiger partial charge is 0.340 e. The number of nitrogens with one attached hydrogen (secondary N) is 2. The zero-order valence-corrected chi connectivity index (χ0v) is 19.0. The van der Waals surface area contributed by atoms with E-state index in [9.17, 15) is 4.39 Å². The van der Waals surface area contributed by atoms with E-state index in [1.165, 1.54) is 6.07 Å². The fourth-order valence-corrected chi connectivity index (χ4v) is 4.52. The normalized spacial score (nSPS) is 11.9. The minimum atomic E-state index is -0.242. The number of aromatic amines is 2. The lowest BCUT2D eigenvalue weighted by Gasteiger charge is -2.03. The van der Waals surface area contributed by atoms with Crippen LogP contribution in [0.1, 0.15) is 28.8 Å². The van der Waals surface area contributed by atoms with Crippen LogP contribution in [0.2, 0.25) is 0 Å². The minimum absolute atomic E-state index is 0.242. The highest BCUT2D eigenvalue weighted by Crippen LogP contribution is 2.33. The SMILES string of the molecule is C=C/C=C(/c1ccc(F)s1)c1nc(-c2n[nH]c3cnc(-c4cncc(CC)c4)cc23)[nH]c1C. The lowest BCUT2D eigenvalue weighted by atomic mass is 10.1. The van der Waals surface area contributed by atoms with Crippen LogP contribution in [0.15, 0.2) is 61.6 Å². The molecule has 6 nitrogen and oxygen atoms in total. The number of nitrogens with zero attached hydrogens (tertiary/aromatic N) is 4. The Morgan fingerprint density at radius 3 is 2.85 bits per heavy atom. The third kappa shape index (κ3) is 3.89. The van der Waals surface area contributed by atoms with E-state index in [2.05, 4.69) is 44.7 Å². The summed E-state index contributed by atoms with van der Waals surface area (Å²) in [4.78, 5) is 17.9. The number of H-pyrrole nitrogens is 2. The molecule has 8 heteroatoms. The van der Waals surface area contributed by atoms with E-state index in [0.717, 1.165) is 67.3 Å². The van der Waals surface area contributed by atoms with Gasteiger partial charge in [-0.25, -0.2) is 4.98 Å². The van der Waals surface area contributed by atoms with Crippen LogP contribution < -0.4 is 0 Å². The van der Waals surface area contributed by atoms with Gasteiger partial charge >= 0.3 is 0 Å². The number of halogens is 1. The van der Waals surface area contributed by atoms with Gasteiger partial charge in [-0.2, -0.15) is 9.49 Å². The number of aryl methyl sites for hydroxylation is 2. The predicted octanol–water partition coefficient (Wildman–Crippen LogP) is 6.10. The van der Waals surface area contributed by atoms with E-state index in [-0.39, 0.29) is 5.13 Å². The highest BCUT2D eigenvalue weighted by Gasteiger charge is 2.19. The van der Waals surface area contributed by atoms with Crippen LogP contribution >= 0.6 is 11.3 Å². The molecule has 5 heterocycles. The fraction of sp³-hybridized carbons (Fsp3) is 0.120. The van der Waals surface area contributed by atoms with Gasteiger partial charge in [0.05, 0.1) is 23.1 Å². The van der Waals surface area contributed by atoms with Crippen LogP contribution in [-0.4, -0.2) is 30.1 Å². The van der Waals surface area contributed by atoms with Crippen molar-refractivity contribution >= 4 is 27.8 Å². The first-order chi connectivity index (χ1) is 16.1. The van der Waals surface area contributed by atoms with Crippen LogP contribution in [0.4, 0.5) is 4.39 Å². The van der Waals surface area contributed by atoms with Gasteiger partial charge in [-0.3, -0.25) is 15.1 Å². The number of hydrogen-bond acceptors (Lipinski definition) is 5. The first-order valence-electron chi connectivity index (χ1n) is 10.5. The van der Waals surface area contributed by atoms with Crippen molar-refractivity contribution in [3.05, 3.63) is 88.5 Å². The Morgan fingerprint density at radius 1 is 1.21 bits per heavy atom. The maximum Gasteiger partial charge on any atom is 0.176 e. The molecule has 0 bridgehead atoms. The molecule has 33 heavy (non-hydrogen) atoms. The standard InChI is InChI=1S/C25H21FN6S/c1-4-6-17(21-7-8-22(26)33-21)23-14(3)29-25(30-23)24-18-10-19(28-13-20(18)31-32-24)16-9-15(5-2)11-27-12-16/h4,6-13H,1,5H2,2-3H3,(H,29,30)(H,31,32)/b17-6-. The Labute approximate surface area is 194 Å². The molecule has 0 radical (unpaired) electrons. The number of rotatable bonds is 6. The van der Waals surface area contributed by atoms with E-state index >= 15 is 0 Å². The first-order valence-corrected chi connectivity index (χ1v) is 11.3. The van der Waals surface area contributed by atoms with Gasteiger partial charge in [0.2, 0.25) is 0 Å². The van der Waals surface area contributed by atoms with E-state index < -0.39 is 0 Å². The summed E-state index contributed by atoms with van der Waals surface area (Å²) in [6.07, 6.45) is 9.88. The van der Waals surface area contributed by atoms with Crippen LogP contribution in [0.25, 0.3) is 39.3 Å². The highest BCUT2D eigenvalue weighted by molar-refractivity contribution is 7.11. The van der Waals surface area contributed by atoms with Crippen LogP contribution in [0.3, 0.4) is 0 Å². The summed E-state index contributed by atoms with van der Waals surface area (Å²) in [5, 5.41) is 8.20. The Kier molecular flexibility index (Phi) is 5.43. The Morgan fingerprint density at radius 2 is 2.09 bits per heavy atom. The summed E-state index contributed by atoms with van der Waals surface area (Å²) in [5.74, 6) is 0.623. The quantitative estimate of drug-likeness (QED) is 0.303. The van der Waals surface area contributed by atoms with Gasteiger partial charge in [-0.1, -0.05) is 25.7 Å². The van der Waals surface area contributed by atoms with Crippen molar-refractivity contribution in [1.82, 2.24) is 30.1 Å². The third-order valence-electron chi connectivity index (χ3n) is 5.43. The fourth-order valence-electron chi connectivity index (χ4n) is 3.77. The molecular formula is C25H21FN6S. The summed E-state index contributed by atoms with van der Waals surface area (Å²) in [6, 6.07) is 7.31. The second-order valence-electron chi connectivity index (χ2n) is 7.60. The summed E-state index contributed by atoms with van der Waals surface area (Å²) in [7, 11) is 0. The molecule has 5 rings (SSSR count). The molecule has 0 fully saturated rings. The maximum absolute atomic E-state index is 13.7. The van der Waals surface area contributed by atoms with Crippen molar-refractivity contribution in [3.8, 4) is 22.8 Å². The van der Waals surface area contributed by atoms with Crippen molar-refractivity contribution in [2.75, 3.05) is 0 Å². The molecule has 0 aliphatic rings. The molecule has 0 saturated carbocycles. The number of aromatic nitrogens is 6. The van der Waals surface area contributed by atoms with Crippen molar-refractivity contribution in [2.24, 2.45) is 0 Å². The molecule has 164 valence electrons. The Hall–Kier alpha value is -3.91. The van der Waals surface area contributed by atoms with Gasteiger partial charge in [0, 0.05) is 39.5 Å². The van der Waals surface area contributed by atoms with Gasteiger partial charge in [-0.05, 0) is 43.2 Å². The van der Waals surface area contributed by atoms with Crippen LogP contribution in [-0.2, 0) is 6.42 Å². The average molecular weight is 457 g/mol. The molecule has 0 unspecified atom stereocenters. The number of allylic oxidation sites excluding steroid dienone is 2. The summed E-state index contributed by atoms with van der Waals surface area (Å²) >= 11 is 1.08. The average Bonchev–Trinajstić information content (AvgIpc) is 3.55. The molecule has 0 aromatic carbocycles. The van der Waals surface area contributed by atoms with Crippen molar-refractivity contribution in [1.29, 1.82) is 0 Å². The molecule has 5 aromatic rings. The van der Waals surface area contributed by atoms with Gasteiger partial charge in [-0.15, -0.1) is 11.3 Å². The number of thiophene rings is 1. The molecule has 0 atom stereocenters. The van der Waals surface area contributed by atoms with E-state index in [1.807, 2.05) is 31.5 Å². The van der Waals surface area contributed by atoms with Crippen molar-refractivity contribution in [3.63, 3.8) is 0 Å². The third-order valence-corrected chi connectivity index (χ3v) is 6.34. The summed E-state index contributed by atoms with van der Waals surface area (Å²) < 4.78 is 13.7. The number of fused-ring (bicyclic) bond motifs is 1. The molecule has 2 N–H and O–H groups in total. The molecule has 0 aliphatic carbocycles. The maximum atomic E-state index is 13.7. The number of pyridine rings is 2. The summed E-state index contributed by atoms with van der Waals surface area (Å²) in [6.45, 7) is 7.84. The zero-order valence-electron chi connectivity index (χ0n) is 18.2. The van der Waals surface area contributed by atoms with E-state index in [4.69, 9.17) is 4.98 Å². The number of imidazole rings is 1. The van der Waals surface area contributed by atoms with Gasteiger partial charge in [0.15, 0.2) is 11.0 Å². The topological polar surface area (TPSA) is 83.1 Å². The molecule has 5 aromatic heterocycles. The van der Waals surface area contributed by atoms with Crippen LogP contribution in [0, 0.1) is 12.1 Å². The van der Waals surface area contributed by atoms with Gasteiger partial charge in [0.25, 0.3) is 0 Å². The number of hydrogen-bond donors (Lipinski definition) is 2. The zero-order chi connectivity index (χ0) is 22.9. The predicted molar refractivity (Wildman–Crippen MR) is 130 cm³/mol. The Balaban J connectivity index is 1.60. The molecule has 0 amide bonds. The summed E-state index contributed by atoms with van der Waals surface area (Å²) in [5.41, 5.74) is 6.83. The Bertz CT molecular complexity index is 1510. The van der Waals surface area contributed by atoms with Gasteiger partial charge in [0.1, 0.15) is 5.69 Å². The van der Waals surface area contributed by atoms with E-state index in [0.29, 0.717) is 11.5 Å². The molecule has 0 spiro atoms. The minimum Gasteiger partial charge on any atom is -0.340 e. The highest BCUT2D eigenvalue weighted by atomic mass is 32.1. The second-order valence-corrected chi connectivity index (χ2v) is 8.64. The molecular weight excluding hydrogens is 435 g/mol. The second kappa shape index (κ2) is 8.55.